The molecule has 0 unspecified atom stereocenters. The first-order chi connectivity index (χ1) is 12.6. The van der Waals surface area contributed by atoms with E-state index in [2.05, 4.69) is 26.3 Å². The maximum absolute atomic E-state index is 14.2. The molecule has 0 atom stereocenters. The molecular weight excluding hydrogens is 401 g/mol. The quantitative estimate of drug-likeness (QED) is 0.648. The van der Waals surface area contributed by atoms with Gasteiger partial charge in [0.15, 0.2) is 5.82 Å². The van der Waals surface area contributed by atoms with Crippen molar-refractivity contribution in [2.75, 3.05) is 12.4 Å². The summed E-state index contributed by atoms with van der Waals surface area (Å²) in [7, 11) is 1.60. The largest absolute Gasteiger partial charge is 0.496 e. The maximum atomic E-state index is 14.2. The van der Waals surface area contributed by atoms with Crippen LogP contribution in [0.15, 0.2) is 59.3 Å². The highest BCUT2D eigenvalue weighted by molar-refractivity contribution is 9.10. The lowest BCUT2D eigenvalue weighted by atomic mass is 10.1. The molecule has 0 spiro atoms. The molecule has 0 saturated heterocycles. The minimum Gasteiger partial charge on any atom is -0.496 e. The van der Waals surface area contributed by atoms with Crippen molar-refractivity contribution >= 4 is 27.5 Å². The number of anilines is 1. The van der Waals surface area contributed by atoms with Gasteiger partial charge < -0.3 is 10.1 Å². The minimum atomic E-state index is -0.453. The van der Waals surface area contributed by atoms with Crippen molar-refractivity contribution in [3.05, 3.63) is 70.7 Å². The summed E-state index contributed by atoms with van der Waals surface area (Å²) in [6.45, 7) is 0. The smallest absolute Gasteiger partial charge is 0.224 e. The van der Waals surface area contributed by atoms with Crippen LogP contribution in [0.4, 0.5) is 10.1 Å². The number of nitrogens with zero attached hydrogens (tertiary/aromatic N) is 2. The second-order valence-corrected chi connectivity index (χ2v) is 6.49. The molecular formula is C19H17BrFN3O2. The molecule has 7 heteroatoms. The summed E-state index contributed by atoms with van der Waals surface area (Å²) in [5.41, 5.74) is 1.75. The van der Waals surface area contributed by atoms with Gasteiger partial charge in [-0.1, -0.05) is 6.07 Å². The Bertz CT molecular complexity index is 913. The van der Waals surface area contributed by atoms with Crippen molar-refractivity contribution in [3.63, 3.8) is 0 Å². The molecule has 1 heterocycles. The number of rotatable bonds is 6. The Morgan fingerprint density at radius 3 is 2.81 bits per heavy atom. The highest BCUT2D eigenvalue weighted by Gasteiger charge is 2.09. The third-order valence-electron chi connectivity index (χ3n) is 3.84. The first kappa shape index (κ1) is 18.1. The summed E-state index contributed by atoms with van der Waals surface area (Å²) in [6, 6.07) is 11.9. The molecule has 0 aliphatic heterocycles. The van der Waals surface area contributed by atoms with Gasteiger partial charge in [0, 0.05) is 24.5 Å². The van der Waals surface area contributed by atoms with Crippen molar-refractivity contribution < 1.29 is 13.9 Å². The Kier molecular flexibility index (Phi) is 5.68. The van der Waals surface area contributed by atoms with E-state index in [-0.39, 0.29) is 5.91 Å². The fraction of sp³-hybridized carbons (Fsp3) is 0.158. The second-order valence-electron chi connectivity index (χ2n) is 5.63. The lowest BCUT2D eigenvalue weighted by Crippen LogP contribution is -2.13. The van der Waals surface area contributed by atoms with Crippen LogP contribution in [0.5, 0.6) is 5.75 Å². The van der Waals surface area contributed by atoms with E-state index in [0.29, 0.717) is 24.2 Å². The molecule has 0 aliphatic rings. The van der Waals surface area contributed by atoms with Gasteiger partial charge in [-0.3, -0.25) is 4.79 Å². The number of hydrogen-bond donors (Lipinski definition) is 1. The van der Waals surface area contributed by atoms with E-state index in [1.165, 1.54) is 10.7 Å². The van der Waals surface area contributed by atoms with Crippen molar-refractivity contribution in [1.82, 2.24) is 9.78 Å². The standard InChI is InChI=1S/C19H17BrFN3O2/c1-26-18-7-3-13(11-15(18)20)4-8-19(25)23-14-5-6-17(16(21)12-14)24-10-2-9-22-24/h2-3,5-7,9-12H,4,8H2,1H3,(H,23,25). The van der Waals surface area contributed by atoms with Crippen LogP contribution in [0.3, 0.4) is 0 Å². The van der Waals surface area contributed by atoms with Gasteiger partial charge in [0.1, 0.15) is 11.4 Å². The SMILES string of the molecule is COc1ccc(CCC(=O)Nc2ccc(-n3cccn3)c(F)c2)cc1Br. The summed E-state index contributed by atoms with van der Waals surface area (Å²) in [6.07, 6.45) is 4.10. The summed E-state index contributed by atoms with van der Waals surface area (Å²) >= 11 is 3.42. The molecule has 134 valence electrons. The summed E-state index contributed by atoms with van der Waals surface area (Å²) in [4.78, 5) is 12.1. The third-order valence-corrected chi connectivity index (χ3v) is 4.46. The van der Waals surface area contributed by atoms with Gasteiger partial charge in [-0.05, 0) is 64.3 Å². The molecule has 1 N–H and O–H groups in total. The van der Waals surface area contributed by atoms with Crippen LogP contribution in [0.1, 0.15) is 12.0 Å². The molecule has 1 aromatic heterocycles. The number of nitrogens with one attached hydrogen (secondary N) is 1. The Balaban J connectivity index is 1.60. The predicted octanol–water partition coefficient (Wildman–Crippen LogP) is 4.35. The lowest BCUT2D eigenvalue weighted by molar-refractivity contribution is -0.116. The Morgan fingerprint density at radius 2 is 2.15 bits per heavy atom. The minimum absolute atomic E-state index is 0.178. The molecule has 0 bridgehead atoms. The van der Waals surface area contributed by atoms with Gasteiger partial charge in [-0.25, -0.2) is 9.07 Å². The molecule has 0 fully saturated rings. The normalized spacial score (nSPS) is 10.6. The molecule has 3 rings (SSSR count). The van der Waals surface area contributed by atoms with Crippen LogP contribution in [-0.4, -0.2) is 22.8 Å². The topological polar surface area (TPSA) is 56.1 Å². The molecule has 1 amide bonds. The van der Waals surface area contributed by atoms with Gasteiger partial charge in [-0.2, -0.15) is 5.10 Å². The summed E-state index contributed by atoms with van der Waals surface area (Å²) in [5, 5.41) is 6.71. The number of benzene rings is 2. The zero-order chi connectivity index (χ0) is 18.5. The van der Waals surface area contributed by atoms with Crippen LogP contribution >= 0.6 is 15.9 Å². The van der Waals surface area contributed by atoms with Crippen LogP contribution < -0.4 is 10.1 Å². The molecule has 3 aromatic rings. The molecule has 26 heavy (non-hydrogen) atoms. The summed E-state index contributed by atoms with van der Waals surface area (Å²) < 4.78 is 21.7. The van der Waals surface area contributed by atoms with E-state index >= 15 is 0 Å². The highest BCUT2D eigenvalue weighted by Crippen LogP contribution is 2.26. The number of ether oxygens (including phenoxy) is 1. The molecule has 0 saturated carbocycles. The number of carbonyl (C=O) groups is 1. The number of aromatic nitrogens is 2. The number of amides is 1. The van der Waals surface area contributed by atoms with E-state index in [0.717, 1.165) is 15.8 Å². The van der Waals surface area contributed by atoms with Gasteiger partial charge in [0.2, 0.25) is 5.91 Å². The fourth-order valence-corrected chi connectivity index (χ4v) is 3.12. The maximum Gasteiger partial charge on any atom is 0.224 e. The van der Waals surface area contributed by atoms with E-state index in [1.807, 2.05) is 18.2 Å². The predicted molar refractivity (Wildman–Crippen MR) is 101 cm³/mol. The van der Waals surface area contributed by atoms with E-state index in [9.17, 15) is 9.18 Å². The number of halogens is 2. The van der Waals surface area contributed by atoms with E-state index in [4.69, 9.17) is 4.74 Å². The first-order valence-electron chi connectivity index (χ1n) is 7.98. The lowest BCUT2D eigenvalue weighted by Gasteiger charge is -2.09. The average molecular weight is 418 g/mol. The van der Waals surface area contributed by atoms with Crippen molar-refractivity contribution in [2.24, 2.45) is 0 Å². The fourth-order valence-electron chi connectivity index (χ4n) is 2.53. The van der Waals surface area contributed by atoms with Crippen LogP contribution in [0.2, 0.25) is 0 Å². The second kappa shape index (κ2) is 8.14. The van der Waals surface area contributed by atoms with Crippen LogP contribution in [-0.2, 0) is 11.2 Å². The monoisotopic (exact) mass is 417 g/mol. The Hall–Kier alpha value is -2.67. The zero-order valence-electron chi connectivity index (χ0n) is 14.1. The third kappa shape index (κ3) is 4.29. The molecule has 5 nitrogen and oxygen atoms in total. The Labute approximate surface area is 158 Å². The highest BCUT2D eigenvalue weighted by atomic mass is 79.9. The van der Waals surface area contributed by atoms with Crippen LogP contribution in [0.25, 0.3) is 5.69 Å². The number of carbonyl (C=O) groups excluding carboxylic acids is 1. The number of aryl methyl sites for hydroxylation is 1. The molecule has 2 aromatic carbocycles. The Morgan fingerprint density at radius 1 is 1.31 bits per heavy atom. The van der Waals surface area contributed by atoms with Gasteiger partial charge in [0.05, 0.1) is 11.6 Å². The zero-order valence-corrected chi connectivity index (χ0v) is 15.7. The molecule has 0 radical (unpaired) electrons. The van der Waals surface area contributed by atoms with E-state index < -0.39 is 5.82 Å². The number of methoxy groups -OCH3 is 1. The summed E-state index contributed by atoms with van der Waals surface area (Å²) in [5.74, 6) is 0.111. The molecule has 0 aliphatic carbocycles. The van der Waals surface area contributed by atoms with Gasteiger partial charge >= 0.3 is 0 Å². The van der Waals surface area contributed by atoms with Crippen molar-refractivity contribution in [2.45, 2.75) is 12.8 Å². The van der Waals surface area contributed by atoms with Crippen molar-refractivity contribution in [3.8, 4) is 11.4 Å². The van der Waals surface area contributed by atoms with Gasteiger partial charge in [-0.15, -0.1) is 0 Å². The van der Waals surface area contributed by atoms with Crippen molar-refractivity contribution in [1.29, 1.82) is 0 Å². The van der Waals surface area contributed by atoms with Gasteiger partial charge in [0.25, 0.3) is 0 Å². The number of hydrogen-bond acceptors (Lipinski definition) is 3. The average Bonchev–Trinajstić information content (AvgIpc) is 3.14. The van der Waals surface area contributed by atoms with E-state index in [1.54, 1.807) is 37.7 Å². The van der Waals surface area contributed by atoms with Crippen LogP contribution in [0, 0.1) is 5.82 Å². The first-order valence-corrected chi connectivity index (χ1v) is 8.78.